The maximum Gasteiger partial charge on any atom is 0.323 e. The van der Waals surface area contributed by atoms with Crippen molar-refractivity contribution >= 4 is 31.9 Å². The van der Waals surface area contributed by atoms with Crippen LogP contribution in [0.15, 0.2) is 16.3 Å². The Labute approximate surface area is 170 Å². The van der Waals surface area contributed by atoms with Gasteiger partial charge in [-0.1, -0.05) is 13.8 Å². The monoisotopic (exact) mass is 430 g/mol. The van der Waals surface area contributed by atoms with E-state index >= 15 is 0 Å². The lowest BCUT2D eigenvalue weighted by molar-refractivity contribution is -0.146. The molecule has 11 nitrogen and oxygen atoms in total. The SMILES string of the molecule is C=Nc1c(/C(N)=N\C)ncn1C[C@@H](C)OCP(=O)(O)N[C@@H](C)C(=O)OCC(C)C. The number of imidazole rings is 1. The lowest BCUT2D eigenvalue weighted by atomic mass is 10.2. The van der Waals surface area contributed by atoms with Gasteiger partial charge in [-0.05, 0) is 26.5 Å². The third kappa shape index (κ3) is 8.06. The van der Waals surface area contributed by atoms with Crippen LogP contribution < -0.4 is 10.8 Å². The zero-order valence-electron chi connectivity index (χ0n) is 17.5. The Hall–Kier alpha value is -2.07. The van der Waals surface area contributed by atoms with Gasteiger partial charge in [0.15, 0.2) is 5.82 Å². The Morgan fingerprint density at radius 3 is 2.66 bits per heavy atom. The summed E-state index contributed by atoms with van der Waals surface area (Å²) in [5, 5.41) is 2.38. The van der Waals surface area contributed by atoms with Gasteiger partial charge < -0.3 is 24.7 Å². The molecule has 0 fully saturated rings. The summed E-state index contributed by atoms with van der Waals surface area (Å²) in [5.41, 5.74) is 6.18. The van der Waals surface area contributed by atoms with E-state index in [2.05, 4.69) is 26.8 Å². The van der Waals surface area contributed by atoms with Crippen LogP contribution in [0.25, 0.3) is 0 Å². The third-order valence-corrected chi connectivity index (χ3v) is 5.03. The van der Waals surface area contributed by atoms with Crippen LogP contribution in [0.1, 0.15) is 33.4 Å². The summed E-state index contributed by atoms with van der Waals surface area (Å²) in [6.07, 6.45) is 0.580. The minimum Gasteiger partial charge on any atom is -0.464 e. The van der Waals surface area contributed by atoms with Gasteiger partial charge in [0, 0.05) is 7.05 Å². The van der Waals surface area contributed by atoms with Gasteiger partial charge in [-0.15, -0.1) is 0 Å². The molecular formula is C17H31N6O5P. The number of hydrogen-bond donors (Lipinski definition) is 3. The Balaban J connectivity index is 2.62. The van der Waals surface area contributed by atoms with Crippen LogP contribution in [-0.2, 0) is 25.4 Å². The number of nitrogens with zero attached hydrogens (tertiary/aromatic N) is 4. The van der Waals surface area contributed by atoms with Crippen molar-refractivity contribution in [3.05, 3.63) is 12.0 Å². The fraction of sp³-hybridized carbons (Fsp3) is 0.647. The number of nitrogens with one attached hydrogen (secondary N) is 1. The minimum absolute atomic E-state index is 0.175. The van der Waals surface area contributed by atoms with Crippen molar-refractivity contribution in [3.63, 3.8) is 0 Å². The second kappa shape index (κ2) is 11.2. The molecule has 0 aliphatic heterocycles. The van der Waals surface area contributed by atoms with Gasteiger partial charge in [-0.25, -0.2) is 15.1 Å². The molecule has 0 aromatic carbocycles. The first kappa shape index (κ1) is 25.0. The van der Waals surface area contributed by atoms with Gasteiger partial charge in [0.2, 0.25) is 0 Å². The first-order valence-electron chi connectivity index (χ1n) is 9.13. The second-order valence-electron chi connectivity index (χ2n) is 7.02. The first-order chi connectivity index (χ1) is 13.5. The highest BCUT2D eigenvalue weighted by molar-refractivity contribution is 7.55. The summed E-state index contributed by atoms with van der Waals surface area (Å²) < 4.78 is 24.5. The van der Waals surface area contributed by atoms with E-state index in [1.165, 1.54) is 13.3 Å². The zero-order valence-corrected chi connectivity index (χ0v) is 18.4. The van der Waals surface area contributed by atoms with Gasteiger partial charge >= 0.3 is 5.97 Å². The molecule has 0 radical (unpaired) electrons. The number of aromatic nitrogens is 2. The second-order valence-corrected chi connectivity index (χ2v) is 8.94. The summed E-state index contributed by atoms with van der Waals surface area (Å²) in [6, 6.07) is -0.937. The van der Waals surface area contributed by atoms with E-state index in [0.29, 0.717) is 18.1 Å². The van der Waals surface area contributed by atoms with Crippen LogP contribution in [0.4, 0.5) is 5.82 Å². The highest BCUT2D eigenvalue weighted by Crippen LogP contribution is 2.36. The van der Waals surface area contributed by atoms with Crippen LogP contribution in [0, 0.1) is 5.92 Å². The number of ether oxygens (including phenoxy) is 2. The Morgan fingerprint density at radius 2 is 2.10 bits per heavy atom. The molecule has 0 saturated heterocycles. The molecule has 0 saturated carbocycles. The Bertz CT molecular complexity index is 778. The molecule has 0 bridgehead atoms. The molecule has 0 spiro atoms. The highest BCUT2D eigenvalue weighted by Gasteiger charge is 2.27. The average molecular weight is 430 g/mol. The normalized spacial score (nSPS) is 16.3. The number of carbonyl (C=O) groups is 1. The summed E-state index contributed by atoms with van der Waals surface area (Å²) >= 11 is 0. The molecule has 1 aromatic heterocycles. The molecule has 1 unspecified atom stereocenters. The number of rotatable bonds is 12. The van der Waals surface area contributed by atoms with E-state index in [-0.39, 0.29) is 18.4 Å². The molecule has 0 aliphatic carbocycles. The van der Waals surface area contributed by atoms with Gasteiger partial charge in [0.25, 0.3) is 7.52 Å². The lowest BCUT2D eigenvalue weighted by Gasteiger charge is -2.21. The van der Waals surface area contributed by atoms with E-state index in [9.17, 15) is 14.3 Å². The number of hydrogen-bond acceptors (Lipinski definition) is 7. The molecular weight excluding hydrogens is 399 g/mol. The number of nitrogens with two attached hydrogens (primary N) is 1. The summed E-state index contributed by atoms with van der Waals surface area (Å²) in [4.78, 5) is 33.9. The quantitative estimate of drug-likeness (QED) is 0.194. The van der Waals surface area contributed by atoms with E-state index in [0.717, 1.165) is 0 Å². The fourth-order valence-electron chi connectivity index (χ4n) is 2.29. The predicted octanol–water partition coefficient (Wildman–Crippen LogP) is 1.28. The summed E-state index contributed by atoms with van der Waals surface area (Å²) in [5.74, 6) is 0.232. The van der Waals surface area contributed by atoms with E-state index in [4.69, 9.17) is 15.2 Å². The van der Waals surface area contributed by atoms with Crippen LogP contribution in [-0.4, -0.2) is 65.1 Å². The highest BCUT2D eigenvalue weighted by atomic mass is 31.2. The molecule has 1 aromatic rings. The number of aliphatic imine (C=N–C) groups is 2. The first-order valence-corrected chi connectivity index (χ1v) is 11.0. The van der Waals surface area contributed by atoms with Crippen LogP contribution in [0.3, 0.4) is 0 Å². The molecule has 29 heavy (non-hydrogen) atoms. The molecule has 164 valence electrons. The van der Waals surface area contributed by atoms with Crippen molar-refractivity contribution in [3.8, 4) is 0 Å². The van der Waals surface area contributed by atoms with Crippen molar-refractivity contribution in [2.75, 3.05) is 20.0 Å². The molecule has 12 heteroatoms. The average Bonchev–Trinajstić information content (AvgIpc) is 3.05. The topological polar surface area (TPSA) is 153 Å². The van der Waals surface area contributed by atoms with Crippen LogP contribution in [0.2, 0.25) is 0 Å². The number of amidine groups is 1. The number of carbonyl (C=O) groups excluding carboxylic acids is 1. The molecule has 1 heterocycles. The van der Waals surface area contributed by atoms with Crippen LogP contribution in [0.5, 0.6) is 0 Å². The van der Waals surface area contributed by atoms with Crippen molar-refractivity contribution in [2.45, 2.75) is 46.4 Å². The van der Waals surface area contributed by atoms with E-state index in [1.807, 2.05) is 13.8 Å². The van der Waals surface area contributed by atoms with Gasteiger partial charge in [0.05, 0.1) is 25.6 Å². The largest absolute Gasteiger partial charge is 0.464 e. The van der Waals surface area contributed by atoms with Crippen molar-refractivity contribution < 1.29 is 23.7 Å². The van der Waals surface area contributed by atoms with Gasteiger partial charge in [-0.2, -0.15) is 0 Å². The Morgan fingerprint density at radius 1 is 1.45 bits per heavy atom. The Kier molecular flexibility index (Phi) is 9.64. The van der Waals surface area contributed by atoms with E-state index < -0.39 is 32.0 Å². The van der Waals surface area contributed by atoms with E-state index in [1.54, 1.807) is 18.5 Å². The van der Waals surface area contributed by atoms with Crippen molar-refractivity contribution in [2.24, 2.45) is 21.6 Å². The third-order valence-electron chi connectivity index (χ3n) is 3.74. The molecule has 1 rings (SSSR count). The molecule has 0 aliphatic rings. The number of esters is 1. The van der Waals surface area contributed by atoms with Crippen molar-refractivity contribution in [1.29, 1.82) is 0 Å². The standard InChI is InChI=1S/C17H31N6O5P/c1-11(2)8-27-17(24)13(4)22-29(25,26)10-28-12(3)7-23-9-21-14(15(18)19-5)16(23)20-6/h9,11-13H,6-8,10H2,1-5H3,(H2,18,19)(H2,22,25,26)/t12-,13+/m1/s1. The summed E-state index contributed by atoms with van der Waals surface area (Å²) in [6.45, 7) is 11.0. The minimum atomic E-state index is -3.92. The maximum absolute atomic E-state index is 12.3. The van der Waals surface area contributed by atoms with Gasteiger partial charge in [-0.3, -0.25) is 14.4 Å². The maximum atomic E-state index is 12.3. The van der Waals surface area contributed by atoms with Crippen LogP contribution >= 0.6 is 7.52 Å². The fourth-order valence-corrected chi connectivity index (χ4v) is 3.53. The molecule has 3 atom stereocenters. The molecule has 0 amide bonds. The zero-order chi connectivity index (χ0) is 22.2. The predicted molar refractivity (Wildman–Crippen MR) is 112 cm³/mol. The smallest absolute Gasteiger partial charge is 0.323 e. The molecule has 4 N–H and O–H groups in total. The lowest BCUT2D eigenvalue weighted by Crippen LogP contribution is -2.35. The van der Waals surface area contributed by atoms with Gasteiger partial charge in [0.1, 0.15) is 23.9 Å². The van der Waals surface area contributed by atoms with Crippen molar-refractivity contribution in [1.82, 2.24) is 14.6 Å². The summed E-state index contributed by atoms with van der Waals surface area (Å²) in [7, 11) is -2.38.